The van der Waals surface area contributed by atoms with Crippen LogP contribution in [-0.2, 0) is 4.79 Å². The number of thioether (sulfide) groups is 1. The van der Waals surface area contributed by atoms with E-state index < -0.39 is 0 Å². The van der Waals surface area contributed by atoms with Crippen LogP contribution in [0.1, 0.15) is 5.56 Å². The Kier molecular flexibility index (Phi) is 5.15. The first kappa shape index (κ1) is 17.3. The normalized spacial score (nSPS) is 15.7. The number of hydrogen-bond donors (Lipinski definition) is 1. The molecule has 0 aromatic heterocycles. The van der Waals surface area contributed by atoms with Gasteiger partial charge in [-0.05, 0) is 42.0 Å². The highest BCUT2D eigenvalue weighted by Gasteiger charge is 2.22. The Balaban J connectivity index is 2.09. The van der Waals surface area contributed by atoms with E-state index in [2.05, 4.69) is 5.32 Å². The molecule has 0 aliphatic carbocycles. The summed E-state index contributed by atoms with van der Waals surface area (Å²) < 4.78 is 5.83. The van der Waals surface area contributed by atoms with Crippen LogP contribution < -0.4 is 10.1 Å². The van der Waals surface area contributed by atoms with Crippen LogP contribution in [0.2, 0.25) is 10.0 Å². The number of nitrogens with one attached hydrogen (secondary N) is 1. The van der Waals surface area contributed by atoms with Gasteiger partial charge in [0, 0.05) is 21.2 Å². The summed E-state index contributed by atoms with van der Waals surface area (Å²) in [7, 11) is 1.58. The second-order valence-electron chi connectivity index (χ2n) is 4.93. The minimum atomic E-state index is -0.210. The molecule has 7 heteroatoms. The van der Waals surface area contributed by atoms with Crippen molar-refractivity contribution in [1.82, 2.24) is 5.32 Å². The number of benzene rings is 2. The quantitative estimate of drug-likeness (QED) is 0.575. The van der Waals surface area contributed by atoms with E-state index in [9.17, 15) is 4.79 Å². The topological polar surface area (TPSA) is 38.3 Å². The molecule has 1 aliphatic heterocycles. The van der Waals surface area contributed by atoms with E-state index in [0.29, 0.717) is 25.0 Å². The monoisotopic (exact) mass is 395 g/mol. The summed E-state index contributed by atoms with van der Waals surface area (Å²) in [5, 5.41) is 3.79. The standard InChI is InChI=1S/C17H11Cl2NO2S2/c1-22-14-5-2-9(12-8-11(18)3-4-13(12)19)6-10(14)7-15-16(21)20-17(23)24-15/h2-8H,1H3,(H,20,21,23). The van der Waals surface area contributed by atoms with Gasteiger partial charge in [0.05, 0.1) is 12.0 Å². The predicted molar refractivity (Wildman–Crippen MR) is 105 cm³/mol. The molecule has 24 heavy (non-hydrogen) atoms. The lowest BCUT2D eigenvalue weighted by Gasteiger charge is -2.10. The Labute approximate surface area is 159 Å². The minimum absolute atomic E-state index is 0.210. The maximum atomic E-state index is 11.9. The molecule has 1 heterocycles. The van der Waals surface area contributed by atoms with Crippen LogP contribution in [0, 0.1) is 0 Å². The van der Waals surface area contributed by atoms with Gasteiger partial charge in [-0.3, -0.25) is 4.79 Å². The van der Waals surface area contributed by atoms with Crippen LogP contribution in [0.4, 0.5) is 0 Å². The molecule has 0 radical (unpaired) electrons. The van der Waals surface area contributed by atoms with Gasteiger partial charge >= 0.3 is 0 Å². The van der Waals surface area contributed by atoms with Gasteiger partial charge in [-0.25, -0.2) is 0 Å². The number of halogens is 2. The van der Waals surface area contributed by atoms with Gasteiger partial charge in [0.25, 0.3) is 5.91 Å². The summed E-state index contributed by atoms with van der Waals surface area (Å²) in [6, 6.07) is 10.9. The van der Waals surface area contributed by atoms with Crippen molar-refractivity contribution in [3.05, 3.63) is 56.9 Å². The number of amides is 1. The molecular formula is C17H11Cl2NO2S2. The lowest BCUT2D eigenvalue weighted by Crippen LogP contribution is -2.17. The maximum absolute atomic E-state index is 11.9. The molecule has 1 fully saturated rings. The molecule has 1 aliphatic rings. The fourth-order valence-electron chi connectivity index (χ4n) is 2.30. The second-order valence-corrected chi connectivity index (χ2v) is 7.50. The van der Waals surface area contributed by atoms with Gasteiger partial charge in [0.2, 0.25) is 0 Å². The molecule has 0 unspecified atom stereocenters. The molecule has 2 aromatic carbocycles. The van der Waals surface area contributed by atoms with Gasteiger partial charge in [-0.15, -0.1) is 0 Å². The van der Waals surface area contributed by atoms with Crippen molar-refractivity contribution >= 4 is 63.5 Å². The number of methoxy groups -OCH3 is 1. The number of rotatable bonds is 3. The largest absolute Gasteiger partial charge is 0.496 e. The first-order valence-electron chi connectivity index (χ1n) is 6.86. The van der Waals surface area contributed by atoms with Crippen molar-refractivity contribution in [2.45, 2.75) is 0 Å². The maximum Gasteiger partial charge on any atom is 0.263 e. The SMILES string of the molecule is COc1ccc(-c2cc(Cl)ccc2Cl)cc1C=C1SC(=S)NC1=O. The van der Waals surface area contributed by atoms with Crippen LogP contribution >= 0.6 is 47.2 Å². The molecular weight excluding hydrogens is 385 g/mol. The number of hydrogen-bond acceptors (Lipinski definition) is 4. The first-order chi connectivity index (χ1) is 11.5. The third-order valence-electron chi connectivity index (χ3n) is 3.40. The summed E-state index contributed by atoms with van der Waals surface area (Å²) in [6.07, 6.45) is 1.75. The van der Waals surface area contributed by atoms with Gasteiger partial charge in [-0.1, -0.05) is 53.2 Å². The van der Waals surface area contributed by atoms with Crippen LogP contribution in [-0.4, -0.2) is 17.3 Å². The van der Waals surface area contributed by atoms with Crippen molar-refractivity contribution in [2.75, 3.05) is 7.11 Å². The minimum Gasteiger partial charge on any atom is -0.496 e. The molecule has 1 amide bonds. The van der Waals surface area contributed by atoms with Crippen molar-refractivity contribution in [1.29, 1.82) is 0 Å². The summed E-state index contributed by atoms with van der Waals surface area (Å²) in [6.45, 7) is 0. The van der Waals surface area contributed by atoms with Crippen molar-refractivity contribution < 1.29 is 9.53 Å². The lowest BCUT2D eigenvalue weighted by molar-refractivity contribution is -0.115. The summed E-state index contributed by atoms with van der Waals surface area (Å²) >= 11 is 18.6. The van der Waals surface area contributed by atoms with Crippen LogP contribution in [0.25, 0.3) is 17.2 Å². The van der Waals surface area contributed by atoms with Crippen LogP contribution in [0.5, 0.6) is 5.75 Å². The Bertz CT molecular complexity index is 881. The zero-order valence-electron chi connectivity index (χ0n) is 12.4. The molecule has 0 saturated carbocycles. The Morgan fingerprint density at radius 2 is 2.00 bits per heavy atom. The molecule has 0 spiro atoms. The number of thiocarbonyl (C=S) groups is 1. The highest BCUT2D eigenvalue weighted by atomic mass is 35.5. The summed E-state index contributed by atoms with van der Waals surface area (Å²) in [5.41, 5.74) is 2.44. The number of ether oxygens (including phenoxy) is 1. The van der Waals surface area contributed by atoms with Crippen LogP contribution in [0.3, 0.4) is 0 Å². The van der Waals surface area contributed by atoms with E-state index in [1.807, 2.05) is 18.2 Å². The Hall–Kier alpha value is -1.53. The highest BCUT2D eigenvalue weighted by Crippen LogP contribution is 2.35. The third-order valence-corrected chi connectivity index (χ3v) is 5.13. The summed E-state index contributed by atoms with van der Waals surface area (Å²) in [5.74, 6) is 0.439. The van der Waals surface area contributed by atoms with Crippen LogP contribution in [0.15, 0.2) is 41.3 Å². The van der Waals surface area contributed by atoms with E-state index in [-0.39, 0.29) is 5.91 Å². The van der Waals surface area contributed by atoms with E-state index in [0.717, 1.165) is 16.7 Å². The molecule has 122 valence electrons. The van der Waals surface area contributed by atoms with E-state index >= 15 is 0 Å². The van der Waals surface area contributed by atoms with E-state index in [1.54, 1.807) is 31.4 Å². The van der Waals surface area contributed by atoms with Gasteiger partial charge in [0.1, 0.15) is 10.1 Å². The lowest BCUT2D eigenvalue weighted by atomic mass is 10.0. The summed E-state index contributed by atoms with van der Waals surface area (Å²) in [4.78, 5) is 12.4. The van der Waals surface area contributed by atoms with E-state index in [1.165, 1.54) is 11.8 Å². The molecule has 2 aromatic rings. The Morgan fingerprint density at radius 1 is 1.21 bits per heavy atom. The Morgan fingerprint density at radius 3 is 2.67 bits per heavy atom. The van der Waals surface area contributed by atoms with Gasteiger partial charge in [0.15, 0.2) is 0 Å². The number of carbonyl (C=O) groups excluding carboxylic acids is 1. The molecule has 0 bridgehead atoms. The second kappa shape index (κ2) is 7.15. The number of carbonyl (C=O) groups is 1. The predicted octanol–water partition coefficient (Wildman–Crippen LogP) is 5.16. The fraction of sp³-hybridized carbons (Fsp3) is 0.0588. The molecule has 3 nitrogen and oxygen atoms in total. The smallest absolute Gasteiger partial charge is 0.263 e. The van der Waals surface area contributed by atoms with Crippen molar-refractivity contribution in [3.8, 4) is 16.9 Å². The zero-order chi connectivity index (χ0) is 17.3. The molecule has 3 rings (SSSR count). The average molecular weight is 396 g/mol. The van der Waals surface area contributed by atoms with Gasteiger partial charge < -0.3 is 10.1 Å². The van der Waals surface area contributed by atoms with Gasteiger partial charge in [-0.2, -0.15) is 0 Å². The molecule has 0 atom stereocenters. The average Bonchev–Trinajstić information content (AvgIpc) is 2.87. The van der Waals surface area contributed by atoms with E-state index in [4.69, 9.17) is 40.2 Å². The first-order valence-corrected chi connectivity index (χ1v) is 8.84. The fourth-order valence-corrected chi connectivity index (χ4v) is 3.73. The molecule has 1 saturated heterocycles. The van der Waals surface area contributed by atoms with Crippen molar-refractivity contribution in [2.24, 2.45) is 0 Å². The third kappa shape index (κ3) is 3.59. The van der Waals surface area contributed by atoms with Crippen molar-refractivity contribution in [3.63, 3.8) is 0 Å². The molecule has 1 N–H and O–H groups in total. The zero-order valence-corrected chi connectivity index (χ0v) is 15.6. The highest BCUT2D eigenvalue weighted by molar-refractivity contribution is 8.26.